The number of hydrogen-bond donors (Lipinski definition) is 13. The van der Waals surface area contributed by atoms with Crippen LogP contribution in [0, 0.1) is 39.4 Å². The lowest BCUT2D eigenvalue weighted by Gasteiger charge is -2.63. The lowest BCUT2D eigenvalue weighted by Crippen LogP contribution is -2.68. The molecule has 3 saturated carbocycles. The van der Waals surface area contributed by atoms with E-state index in [0.29, 0.717) is 38.5 Å². The topological polar surface area (TPSA) is 442 Å². The molecule has 88 heavy (non-hydrogen) atoms. The minimum atomic E-state index is -5.28. The average molecular weight is 1280 g/mol. The number of aliphatic hydroxyl groups is 12. The number of cyclic esters (lactones) is 1. The van der Waals surface area contributed by atoms with Crippen LogP contribution in [0.3, 0.4) is 0 Å². The van der Waals surface area contributed by atoms with Crippen LogP contribution < -0.4 is 0 Å². The predicted molar refractivity (Wildman–Crippen MR) is 293 cm³/mol. The molecule has 0 amide bonds. The summed E-state index contributed by atoms with van der Waals surface area (Å²) in [6, 6.07) is 0. The van der Waals surface area contributed by atoms with Gasteiger partial charge in [-0.15, -0.1) is 6.58 Å². The summed E-state index contributed by atoms with van der Waals surface area (Å²) in [5.74, 6) is -1.000. The van der Waals surface area contributed by atoms with Gasteiger partial charge in [0.05, 0.1) is 50.0 Å². The molecule has 29 nitrogen and oxygen atoms in total. The summed E-state index contributed by atoms with van der Waals surface area (Å²) in [7, 11) is -5.28. The molecule has 31 atom stereocenters. The van der Waals surface area contributed by atoms with E-state index in [0.717, 1.165) is 24.0 Å². The highest BCUT2D eigenvalue weighted by atomic mass is 32.3. The highest BCUT2D eigenvalue weighted by Crippen LogP contribution is 2.75. The Hall–Kier alpha value is -2.39. The van der Waals surface area contributed by atoms with E-state index in [1.807, 2.05) is 27.7 Å². The van der Waals surface area contributed by atoms with Crippen LogP contribution in [0.5, 0.6) is 0 Å². The third-order valence-corrected chi connectivity index (χ3v) is 22.1. The largest absolute Gasteiger partial charge is 0.458 e. The molecule has 0 radical (unpaired) electrons. The van der Waals surface area contributed by atoms with Crippen LogP contribution in [0.25, 0.3) is 0 Å². The summed E-state index contributed by atoms with van der Waals surface area (Å²) < 4.78 is 106. The average Bonchev–Trinajstić information content (AvgIpc) is 1.46. The Morgan fingerprint density at radius 2 is 1.27 bits per heavy atom. The maximum atomic E-state index is 14.5. The lowest BCUT2D eigenvalue weighted by atomic mass is 9.41. The van der Waals surface area contributed by atoms with Gasteiger partial charge >= 0.3 is 16.4 Å². The zero-order valence-electron chi connectivity index (χ0n) is 50.3. The molecule has 30 heteroatoms. The van der Waals surface area contributed by atoms with E-state index in [1.165, 1.54) is 6.92 Å². The highest BCUT2D eigenvalue weighted by Gasteiger charge is 2.79. The third-order valence-electron chi connectivity index (χ3n) is 21.6. The predicted octanol–water partition coefficient (Wildman–Crippen LogP) is -2.57. The molecule has 0 aromatic heterocycles. The summed E-state index contributed by atoms with van der Waals surface area (Å²) in [6.45, 7) is 14.5. The first kappa shape index (κ1) is 68.5. The van der Waals surface area contributed by atoms with E-state index in [9.17, 15) is 83.8 Å². The Morgan fingerprint density at radius 1 is 0.670 bits per heavy atom. The van der Waals surface area contributed by atoms with Gasteiger partial charge in [-0.2, -0.15) is 8.42 Å². The minimum Gasteiger partial charge on any atom is -0.458 e. The number of allylic oxidation sites excluding steroid dienone is 3. The Balaban J connectivity index is 0.908. The first-order chi connectivity index (χ1) is 41.2. The second-order valence-electron chi connectivity index (χ2n) is 27.4. The molecule has 1 spiro atoms. The number of rotatable bonds is 18. The third kappa shape index (κ3) is 11.8. The molecule has 0 bridgehead atoms. The van der Waals surface area contributed by atoms with Gasteiger partial charge in [0.25, 0.3) is 0 Å². The zero-order chi connectivity index (χ0) is 64.3. The number of Topliss-reactive ketones (excluding diaryl/α,β-unsaturated/α-hetero) is 1. The van der Waals surface area contributed by atoms with Crippen molar-refractivity contribution in [3.63, 3.8) is 0 Å². The normalized spacial score (nSPS) is 51.1. The van der Waals surface area contributed by atoms with Gasteiger partial charge in [-0.3, -0.25) is 14.1 Å². The molecule has 10 rings (SSSR count). The molecular formula is C58H90O29S. The number of carbonyl (C=O) groups is 2. The van der Waals surface area contributed by atoms with Crippen LogP contribution >= 0.6 is 0 Å². The van der Waals surface area contributed by atoms with Crippen LogP contribution in [0.4, 0.5) is 0 Å². The van der Waals surface area contributed by atoms with E-state index in [-0.39, 0.29) is 35.4 Å². The summed E-state index contributed by atoms with van der Waals surface area (Å²) >= 11 is 0. The highest BCUT2D eigenvalue weighted by molar-refractivity contribution is 7.80. The van der Waals surface area contributed by atoms with E-state index in [2.05, 4.69) is 26.5 Å². The van der Waals surface area contributed by atoms with E-state index < -0.39 is 212 Å². The SMILES string of the molecule is C=C(C)CCC[C@]1(C)OC(=O)C23CCC4C(=CCC5C(C)(C)C(OC6OCC(OS(=O)(=O)O)C(O)C6OC6OC(C)C(OC7OC(CO)C(O)C(OC8OC(CO)C(O)C(O)C8O)C7O)C(O)C6OC6OCC(O)C(O)C6O)CCC45C)[C@]2(C)CC(=O)C31. The summed E-state index contributed by atoms with van der Waals surface area (Å²) in [6.07, 6.45) is -36.1. The van der Waals surface area contributed by atoms with Crippen LogP contribution in [0.15, 0.2) is 23.8 Å². The van der Waals surface area contributed by atoms with Crippen molar-refractivity contribution < 1.29 is 140 Å². The molecule has 6 heterocycles. The monoisotopic (exact) mass is 1280 g/mol. The van der Waals surface area contributed by atoms with Gasteiger partial charge in [-0.1, -0.05) is 44.9 Å². The number of aliphatic hydroxyl groups excluding tert-OH is 12. The number of fused-ring (bicyclic) bond motifs is 4. The molecule has 6 saturated heterocycles. The molecule has 10 aliphatic rings. The van der Waals surface area contributed by atoms with Crippen molar-refractivity contribution in [2.24, 2.45) is 39.4 Å². The second-order valence-corrected chi connectivity index (χ2v) is 28.5. The lowest BCUT2D eigenvalue weighted by molar-refractivity contribution is -0.403. The fraction of sp³-hybridized carbons (Fsp3) is 0.897. The molecule has 29 unspecified atom stereocenters. The summed E-state index contributed by atoms with van der Waals surface area (Å²) in [4.78, 5) is 28.9. The summed E-state index contributed by atoms with van der Waals surface area (Å²) in [5, 5.41) is 131. The van der Waals surface area contributed by atoms with Gasteiger partial charge in [-0.25, -0.2) is 4.18 Å². The maximum absolute atomic E-state index is 14.5. The maximum Gasteiger partial charge on any atom is 0.397 e. The number of ether oxygens (including phenoxy) is 11. The van der Waals surface area contributed by atoms with Crippen molar-refractivity contribution in [2.45, 2.75) is 259 Å². The smallest absolute Gasteiger partial charge is 0.397 e. The van der Waals surface area contributed by atoms with Crippen molar-refractivity contribution in [2.75, 3.05) is 26.4 Å². The van der Waals surface area contributed by atoms with Crippen molar-refractivity contribution in [1.29, 1.82) is 0 Å². The van der Waals surface area contributed by atoms with Crippen LogP contribution in [-0.4, -0.2) is 265 Å². The standard InChI is InChI=1S/C58H90O29S/c1-23(2)10-9-15-57(8)47-27(61)18-56(7)26-11-12-32-54(4,5)33(14-16-55(32,6)25(26)13-17-58(47,56)53(72)86-57)81-51-45(37(66)31(22-77-51)87-88(73,74)75)85-52-46(84-48-39(68)34(63)28(62)21-76-48)41(70)43(24(3)78-52)82-50-42(71)44(36(65)30(20-60)80-50)83-49-40(69)38(67)35(64)29(19-59)79-49/h11,24-25,28-52,59-60,62-71H,1,9-10,12-22H2,2-8H3,(H,73,74,75)/t24?,25?,28?,29?,30?,31?,32?,33?,34?,35?,36?,37?,38?,39?,40?,41?,42?,43?,44?,45?,46?,47?,48?,49?,50?,51?,52?,55?,56-,57-,58?/m0/s1. The van der Waals surface area contributed by atoms with Gasteiger partial charge < -0.3 is 113 Å². The first-order valence-corrected chi connectivity index (χ1v) is 31.8. The molecule has 6 aliphatic heterocycles. The number of esters is 1. The van der Waals surface area contributed by atoms with E-state index >= 15 is 0 Å². The molecule has 0 aromatic carbocycles. The van der Waals surface area contributed by atoms with E-state index in [1.54, 1.807) is 0 Å². The first-order valence-electron chi connectivity index (χ1n) is 30.4. The van der Waals surface area contributed by atoms with Crippen molar-refractivity contribution >= 4 is 22.2 Å². The Kier molecular flexibility index (Phi) is 19.8. The van der Waals surface area contributed by atoms with Crippen LogP contribution in [-0.2, 0) is 76.3 Å². The van der Waals surface area contributed by atoms with Crippen molar-refractivity contribution in [3.05, 3.63) is 23.8 Å². The van der Waals surface area contributed by atoms with Gasteiger partial charge in [-0.05, 0) is 94.8 Å². The Morgan fingerprint density at radius 3 is 1.93 bits per heavy atom. The summed E-state index contributed by atoms with van der Waals surface area (Å²) in [5.41, 5.74) is -1.76. The number of ketones is 1. The van der Waals surface area contributed by atoms with Crippen LogP contribution in [0.2, 0.25) is 0 Å². The molecule has 502 valence electrons. The molecule has 4 aliphatic carbocycles. The van der Waals surface area contributed by atoms with Crippen LogP contribution in [0.1, 0.15) is 106 Å². The van der Waals surface area contributed by atoms with Gasteiger partial charge in [0.15, 0.2) is 31.5 Å². The molecular weight excluding hydrogens is 1190 g/mol. The van der Waals surface area contributed by atoms with E-state index in [4.69, 9.17) is 56.3 Å². The number of carbonyl (C=O) groups excluding carboxylic acids is 2. The second kappa shape index (κ2) is 25.4. The zero-order valence-corrected chi connectivity index (χ0v) is 51.1. The molecule has 13 N–H and O–H groups in total. The van der Waals surface area contributed by atoms with Crippen molar-refractivity contribution in [1.82, 2.24) is 0 Å². The molecule has 9 fully saturated rings. The Bertz CT molecular complexity index is 2680. The fourth-order valence-corrected chi connectivity index (χ4v) is 17.5. The van der Waals surface area contributed by atoms with Crippen molar-refractivity contribution in [3.8, 4) is 0 Å². The Labute approximate surface area is 509 Å². The van der Waals surface area contributed by atoms with Gasteiger partial charge in [0, 0.05) is 11.8 Å². The van der Waals surface area contributed by atoms with Gasteiger partial charge in [0.2, 0.25) is 0 Å². The number of hydrogen-bond acceptors (Lipinski definition) is 28. The van der Waals surface area contributed by atoms with Gasteiger partial charge in [0.1, 0.15) is 115 Å². The minimum absolute atomic E-state index is 0.0292. The molecule has 0 aromatic rings. The quantitative estimate of drug-likeness (QED) is 0.0381. The fourth-order valence-electron chi connectivity index (χ4n) is 17.0.